The molecule has 2 heterocycles. The molecule has 1 amide bonds. The maximum Gasteiger partial charge on any atom is 0.257 e. The smallest absolute Gasteiger partial charge is 0.257 e. The lowest BCUT2D eigenvalue weighted by molar-refractivity contribution is 0.0585. The number of methoxy groups -OCH3 is 1. The van der Waals surface area contributed by atoms with Gasteiger partial charge < -0.3 is 9.64 Å². The molecule has 1 aliphatic rings. The molecule has 1 aliphatic heterocycles. The number of likely N-dealkylation sites (tertiary alicyclic amines) is 1. The number of ether oxygens (including phenoxy) is 1. The predicted octanol–water partition coefficient (Wildman–Crippen LogP) is 2.89. The minimum Gasteiger partial charge on any atom is -0.385 e. The fraction of sp³-hybridized carbons (Fsp3) is 0.750. The summed E-state index contributed by atoms with van der Waals surface area (Å²) in [4.78, 5) is 14.8. The Morgan fingerprint density at radius 1 is 1.48 bits per heavy atom. The molecule has 118 valence electrons. The van der Waals surface area contributed by atoms with Crippen molar-refractivity contribution >= 4 is 5.91 Å². The van der Waals surface area contributed by atoms with Crippen molar-refractivity contribution in [2.45, 2.75) is 58.0 Å². The predicted molar refractivity (Wildman–Crippen MR) is 82.4 cm³/mol. The van der Waals surface area contributed by atoms with Crippen molar-refractivity contribution < 1.29 is 9.53 Å². The van der Waals surface area contributed by atoms with Gasteiger partial charge in [0, 0.05) is 38.5 Å². The van der Waals surface area contributed by atoms with E-state index in [0.717, 1.165) is 38.8 Å². The van der Waals surface area contributed by atoms with Crippen LogP contribution >= 0.6 is 0 Å². The summed E-state index contributed by atoms with van der Waals surface area (Å²) >= 11 is 0. The number of carbonyl (C=O) groups excluding carboxylic acids is 1. The standard InChI is InChI=1S/C16H27N3O2/c1-13(2)19-12-14(11-17-19)16(20)18-9-5-4-7-15(18)8-6-10-21-3/h11-13,15H,4-10H2,1-3H3. The number of piperidine rings is 1. The van der Waals surface area contributed by atoms with E-state index in [2.05, 4.69) is 18.9 Å². The van der Waals surface area contributed by atoms with Gasteiger partial charge >= 0.3 is 0 Å². The summed E-state index contributed by atoms with van der Waals surface area (Å²) in [5, 5.41) is 4.28. The molecule has 0 aromatic carbocycles. The van der Waals surface area contributed by atoms with E-state index < -0.39 is 0 Å². The minimum atomic E-state index is 0.129. The summed E-state index contributed by atoms with van der Waals surface area (Å²) in [6.45, 7) is 5.76. The van der Waals surface area contributed by atoms with Gasteiger partial charge in [-0.3, -0.25) is 9.48 Å². The zero-order valence-electron chi connectivity index (χ0n) is 13.4. The van der Waals surface area contributed by atoms with Gasteiger partial charge in [-0.25, -0.2) is 0 Å². The highest BCUT2D eigenvalue weighted by Crippen LogP contribution is 2.23. The van der Waals surface area contributed by atoms with Crippen LogP contribution in [0.1, 0.15) is 62.4 Å². The van der Waals surface area contributed by atoms with Crippen LogP contribution in [0.5, 0.6) is 0 Å². The highest BCUT2D eigenvalue weighted by atomic mass is 16.5. The van der Waals surface area contributed by atoms with Crippen LogP contribution in [0.4, 0.5) is 0 Å². The van der Waals surface area contributed by atoms with Crippen LogP contribution in [0.3, 0.4) is 0 Å². The first-order valence-corrected chi connectivity index (χ1v) is 7.97. The van der Waals surface area contributed by atoms with E-state index in [1.807, 2.05) is 15.8 Å². The lowest BCUT2D eigenvalue weighted by Crippen LogP contribution is -2.43. The largest absolute Gasteiger partial charge is 0.385 e. The second kappa shape index (κ2) is 7.59. The molecule has 1 aromatic heterocycles. The molecule has 0 radical (unpaired) electrons. The molecule has 0 saturated carbocycles. The normalized spacial score (nSPS) is 19.2. The van der Waals surface area contributed by atoms with Crippen molar-refractivity contribution in [3.05, 3.63) is 18.0 Å². The third kappa shape index (κ3) is 4.06. The summed E-state index contributed by atoms with van der Waals surface area (Å²) < 4.78 is 6.97. The number of hydrogen-bond acceptors (Lipinski definition) is 3. The molecule has 1 unspecified atom stereocenters. The van der Waals surface area contributed by atoms with Gasteiger partial charge in [0.05, 0.1) is 11.8 Å². The Morgan fingerprint density at radius 2 is 2.29 bits per heavy atom. The molecule has 5 heteroatoms. The van der Waals surface area contributed by atoms with Crippen molar-refractivity contribution in [3.63, 3.8) is 0 Å². The fourth-order valence-electron chi connectivity index (χ4n) is 2.93. The highest BCUT2D eigenvalue weighted by molar-refractivity contribution is 5.94. The lowest BCUT2D eigenvalue weighted by atomic mass is 9.97. The Balaban J connectivity index is 2.03. The molecule has 0 N–H and O–H groups in total. The topological polar surface area (TPSA) is 47.4 Å². The Bertz CT molecular complexity index is 456. The first-order chi connectivity index (χ1) is 10.1. The van der Waals surface area contributed by atoms with Crippen LogP contribution in [0.2, 0.25) is 0 Å². The zero-order chi connectivity index (χ0) is 15.2. The van der Waals surface area contributed by atoms with E-state index in [1.165, 1.54) is 6.42 Å². The summed E-state index contributed by atoms with van der Waals surface area (Å²) in [6, 6.07) is 0.634. The SMILES string of the molecule is COCCCC1CCCCN1C(=O)c1cnn(C(C)C)c1. The number of rotatable bonds is 6. The van der Waals surface area contributed by atoms with Gasteiger partial charge in [-0.15, -0.1) is 0 Å². The Hall–Kier alpha value is -1.36. The molecule has 0 aliphatic carbocycles. The molecule has 21 heavy (non-hydrogen) atoms. The van der Waals surface area contributed by atoms with Crippen LogP contribution in [0.25, 0.3) is 0 Å². The van der Waals surface area contributed by atoms with Crippen molar-refractivity contribution in [3.8, 4) is 0 Å². The monoisotopic (exact) mass is 293 g/mol. The Labute approximate surface area is 127 Å². The van der Waals surface area contributed by atoms with Gasteiger partial charge in [-0.2, -0.15) is 5.10 Å². The van der Waals surface area contributed by atoms with E-state index in [-0.39, 0.29) is 11.9 Å². The molecule has 0 bridgehead atoms. The molecule has 2 rings (SSSR count). The zero-order valence-corrected chi connectivity index (χ0v) is 13.4. The maximum absolute atomic E-state index is 12.7. The average molecular weight is 293 g/mol. The van der Waals surface area contributed by atoms with E-state index >= 15 is 0 Å². The van der Waals surface area contributed by atoms with Gasteiger partial charge in [0.25, 0.3) is 5.91 Å². The van der Waals surface area contributed by atoms with Crippen molar-refractivity contribution in [1.82, 2.24) is 14.7 Å². The molecular formula is C16H27N3O2. The van der Waals surface area contributed by atoms with E-state index in [4.69, 9.17) is 4.74 Å². The second-order valence-electron chi connectivity index (χ2n) is 6.09. The Morgan fingerprint density at radius 3 is 2.95 bits per heavy atom. The number of amides is 1. The summed E-state index contributed by atoms with van der Waals surface area (Å²) in [5.41, 5.74) is 0.711. The van der Waals surface area contributed by atoms with Crippen molar-refractivity contribution in [1.29, 1.82) is 0 Å². The third-order valence-electron chi connectivity index (χ3n) is 4.15. The Kier molecular flexibility index (Phi) is 5.79. The van der Waals surface area contributed by atoms with E-state index in [1.54, 1.807) is 13.3 Å². The van der Waals surface area contributed by atoms with Gasteiger partial charge in [0.2, 0.25) is 0 Å². The summed E-state index contributed by atoms with van der Waals surface area (Å²) in [7, 11) is 1.73. The first-order valence-electron chi connectivity index (χ1n) is 7.97. The molecule has 1 fully saturated rings. The molecular weight excluding hydrogens is 266 g/mol. The average Bonchev–Trinajstić information content (AvgIpc) is 2.97. The van der Waals surface area contributed by atoms with Gasteiger partial charge in [-0.1, -0.05) is 0 Å². The maximum atomic E-state index is 12.7. The molecule has 0 spiro atoms. The number of aromatic nitrogens is 2. The third-order valence-corrected chi connectivity index (χ3v) is 4.15. The summed E-state index contributed by atoms with van der Waals surface area (Å²) in [6.07, 6.45) is 9.02. The molecule has 1 saturated heterocycles. The highest BCUT2D eigenvalue weighted by Gasteiger charge is 2.27. The quantitative estimate of drug-likeness (QED) is 0.758. The van der Waals surface area contributed by atoms with Gasteiger partial charge in [0.1, 0.15) is 0 Å². The van der Waals surface area contributed by atoms with Crippen LogP contribution in [0, 0.1) is 0 Å². The van der Waals surface area contributed by atoms with E-state index in [0.29, 0.717) is 11.6 Å². The molecule has 1 aromatic rings. The number of hydrogen-bond donors (Lipinski definition) is 0. The van der Waals surface area contributed by atoms with E-state index in [9.17, 15) is 4.79 Å². The second-order valence-corrected chi connectivity index (χ2v) is 6.09. The van der Waals surface area contributed by atoms with Crippen molar-refractivity contribution in [2.75, 3.05) is 20.3 Å². The van der Waals surface area contributed by atoms with Crippen molar-refractivity contribution in [2.24, 2.45) is 0 Å². The first kappa shape index (κ1) is 16.0. The summed E-state index contributed by atoms with van der Waals surface area (Å²) in [5.74, 6) is 0.129. The van der Waals surface area contributed by atoms with Gasteiger partial charge in [-0.05, 0) is 46.0 Å². The molecule has 5 nitrogen and oxygen atoms in total. The van der Waals surface area contributed by atoms with Crippen LogP contribution < -0.4 is 0 Å². The van der Waals surface area contributed by atoms with Gasteiger partial charge in [0.15, 0.2) is 0 Å². The number of nitrogens with zero attached hydrogens (tertiary/aromatic N) is 3. The fourth-order valence-corrected chi connectivity index (χ4v) is 2.93. The molecule has 1 atom stereocenters. The van der Waals surface area contributed by atoms with Crippen LogP contribution in [0.15, 0.2) is 12.4 Å². The van der Waals surface area contributed by atoms with Crippen LogP contribution in [-0.4, -0.2) is 46.9 Å². The number of carbonyl (C=O) groups is 1. The van der Waals surface area contributed by atoms with Crippen LogP contribution in [-0.2, 0) is 4.74 Å². The lowest BCUT2D eigenvalue weighted by Gasteiger charge is -2.35. The minimum absolute atomic E-state index is 0.129.